The summed E-state index contributed by atoms with van der Waals surface area (Å²) in [6.07, 6.45) is 0.516. The Morgan fingerprint density at radius 1 is 1.50 bits per heavy atom. The number of aromatic carboxylic acids is 1. The minimum atomic E-state index is -1.07. The Balaban J connectivity index is 2.82. The van der Waals surface area contributed by atoms with Crippen LogP contribution in [-0.4, -0.2) is 28.6 Å². The Hall–Kier alpha value is -2.11. The van der Waals surface area contributed by atoms with Gasteiger partial charge in [0.25, 0.3) is 0 Å². The van der Waals surface area contributed by atoms with Gasteiger partial charge in [-0.3, -0.25) is 9.78 Å². The molecule has 0 radical (unpaired) electrons. The molecule has 1 aromatic rings. The molecule has 0 saturated heterocycles. The molecule has 0 fully saturated rings. The van der Waals surface area contributed by atoms with Crippen molar-refractivity contribution >= 4 is 17.6 Å². The number of carbonyl (C=O) groups is 2. The van der Waals surface area contributed by atoms with Crippen molar-refractivity contribution in [2.75, 3.05) is 12.3 Å². The van der Waals surface area contributed by atoms with Crippen molar-refractivity contribution in [3.05, 3.63) is 23.0 Å². The van der Waals surface area contributed by atoms with Crippen LogP contribution < -0.4 is 5.73 Å². The fourth-order valence-corrected chi connectivity index (χ4v) is 1.54. The number of carbonyl (C=O) groups excluding carboxylic acids is 1. The minimum Gasteiger partial charge on any atom is -0.478 e. The van der Waals surface area contributed by atoms with E-state index in [4.69, 9.17) is 15.6 Å². The second-order valence-electron chi connectivity index (χ2n) is 3.77. The van der Waals surface area contributed by atoms with Crippen LogP contribution in [0, 0.1) is 6.92 Å². The molecule has 1 heterocycles. The summed E-state index contributed by atoms with van der Waals surface area (Å²) in [5.74, 6) is -1.39. The molecule has 0 saturated carbocycles. The maximum Gasteiger partial charge on any atom is 0.337 e. The number of carboxylic acids is 1. The quantitative estimate of drug-likeness (QED) is 0.762. The van der Waals surface area contributed by atoms with Gasteiger partial charge in [-0.25, -0.2) is 4.79 Å². The number of aryl methyl sites for hydroxylation is 2. The SMILES string of the molecule is CCOC(=O)CCc1nc(C)c(C(=O)O)cc1N. The molecular formula is C12H16N2O4. The Morgan fingerprint density at radius 3 is 2.72 bits per heavy atom. The van der Waals surface area contributed by atoms with Gasteiger partial charge in [0, 0.05) is 6.42 Å². The van der Waals surface area contributed by atoms with Gasteiger partial charge in [-0.15, -0.1) is 0 Å². The Kier molecular flexibility index (Phi) is 4.65. The van der Waals surface area contributed by atoms with Crippen molar-refractivity contribution in [2.24, 2.45) is 0 Å². The molecule has 0 aliphatic heterocycles. The van der Waals surface area contributed by atoms with Gasteiger partial charge < -0.3 is 15.6 Å². The van der Waals surface area contributed by atoms with Gasteiger partial charge in [0.1, 0.15) is 0 Å². The number of ether oxygens (including phenoxy) is 1. The maximum atomic E-state index is 11.2. The average molecular weight is 252 g/mol. The summed E-state index contributed by atoms with van der Waals surface area (Å²) in [4.78, 5) is 26.2. The van der Waals surface area contributed by atoms with Crippen LogP contribution in [0.3, 0.4) is 0 Å². The van der Waals surface area contributed by atoms with E-state index in [1.165, 1.54) is 6.07 Å². The molecule has 6 heteroatoms. The number of carboxylic acid groups (broad SMARTS) is 1. The fraction of sp³-hybridized carbons (Fsp3) is 0.417. The maximum absolute atomic E-state index is 11.2. The van der Waals surface area contributed by atoms with E-state index < -0.39 is 5.97 Å². The summed E-state index contributed by atoms with van der Waals surface area (Å²) < 4.78 is 4.79. The lowest BCUT2D eigenvalue weighted by Crippen LogP contribution is -2.10. The molecule has 0 aliphatic carbocycles. The van der Waals surface area contributed by atoms with Crippen LogP contribution in [0.4, 0.5) is 5.69 Å². The number of nitrogen functional groups attached to an aromatic ring is 1. The second-order valence-corrected chi connectivity index (χ2v) is 3.77. The zero-order valence-electron chi connectivity index (χ0n) is 10.4. The van der Waals surface area contributed by atoms with Gasteiger partial charge in [-0.05, 0) is 19.9 Å². The lowest BCUT2D eigenvalue weighted by atomic mass is 10.1. The first kappa shape index (κ1) is 14.0. The molecule has 0 atom stereocenters. The molecule has 0 bridgehead atoms. The summed E-state index contributed by atoms with van der Waals surface area (Å²) in [6.45, 7) is 3.66. The summed E-state index contributed by atoms with van der Waals surface area (Å²) in [6, 6.07) is 1.37. The highest BCUT2D eigenvalue weighted by Crippen LogP contribution is 2.16. The number of esters is 1. The average Bonchev–Trinajstić information content (AvgIpc) is 2.29. The van der Waals surface area contributed by atoms with E-state index in [1.807, 2.05) is 0 Å². The molecular weight excluding hydrogens is 236 g/mol. The highest BCUT2D eigenvalue weighted by Gasteiger charge is 2.13. The van der Waals surface area contributed by atoms with Crippen molar-refractivity contribution in [1.82, 2.24) is 4.98 Å². The summed E-state index contributed by atoms with van der Waals surface area (Å²) in [7, 11) is 0. The highest BCUT2D eigenvalue weighted by atomic mass is 16.5. The van der Waals surface area contributed by atoms with E-state index in [9.17, 15) is 9.59 Å². The van der Waals surface area contributed by atoms with Crippen LogP contribution in [0.5, 0.6) is 0 Å². The van der Waals surface area contributed by atoms with Crippen molar-refractivity contribution in [1.29, 1.82) is 0 Å². The third-order valence-electron chi connectivity index (χ3n) is 2.43. The Morgan fingerprint density at radius 2 is 2.17 bits per heavy atom. The van der Waals surface area contributed by atoms with E-state index in [1.54, 1.807) is 13.8 Å². The number of rotatable bonds is 5. The molecule has 3 N–H and O–H groups in total. The first-order valence-electron chi connectivity index (χ1n) is 5.60. The van der Waals surface area contributed by atoms with Crippen LogP contribution in [-0.2, 0) is 16.0 Å². The third kappa shape index (κ3) is 3.44. The molecule has 18 heavy (non-hydrogen) atoms. The van der Waals surface area contributed by atoms with Gasteiger partial charge in [0.2, 0.25) is 0 Å². The van der Waals surface area contributed by atoms with Crippen molar-refractivity contribution < 1.29 is 19.4 Å². The van der Waals surface area contributed by atoms with E-state index in [2.05, 4.69) is 4.98 Å². The van der Waals surface area contributed by atoms with Crippen LogP contribution in [0.15, 0.2) is 6.07 Å². The van der Waals surface area contributed by atoms with Crippen molar-refractivity contribution in [3.63, 3.8) is 0 Å². The van der Waals surface area contributed by atoms with Crippen LogP contribution in [0.2, 0.25) is 0 Å². The third-order valence-corrected chi connectivity index (χ3v) is 2.43. The number of nitrogens with zero attached hydrogens (tertiary/aromatic N) is 1. The van der Waals surface area contributed by atoms with Gasteiger partial charge in [-0.2, -0.15) is 0 Å². The normalized spacial score (nSPS) is 10.1. The monoisotopic (exact) mass is 252 g/mol. The molecule has 0 aliphatic rings. The zero-order chi connectivity index (χ0) is 13.7. The number of pyridine rings is 1. The smallest absolute Gasteiger partial charge is 0.337 e. The van der Waals surface area contributed by atoms with E-state index in [0.717, 1.165) is 0 Å². The predicted molar refractivity (Wildman–Crippen MR) is 65.3 cm³/mol. The number of hydrogen-bond donors (Lipinski definition) is 2. The van der Waals surface area contributed by atoms with Crippen molar-refractivity contribution in [2.45, 2.75) is 26.7 Å². The number of hydrogen-bond acceptors (Lipinski definition) is 5. The first-order valence-corrected chi connectivity index (χ1v) is 5.60. The fourth-order valence-electron chi connectivity index (χ4n) is 1.54. The summed E-state index contributed by atoms with van der Waals surface area (Å²) in [5.41, 5.74) is 6.97. The Labute approximate surface area is 105 Å². The molecule has 98 valence electrons. The van der Waals surface area contributed by atoms with E-state index >= 15 is 0 Å². The molecule has 0 unspecified atom stereocenters. The van der Waals surface area contributed by atoms with Crippen LogP contribution in [0.1, 0.15) is 35.1 Å². The topological polar surface area (TPSA) is 103 Å². The predicted octanol–water partition coefficient (Wildman–Crippen LogP) is 1.17. The molecule has 0 amide bonds. The summed E-state index contributed by atoms with van der Waals surface area (Å²) in [5, 5.41) is 8.90. The highest BCUT2D eigenvalue weighted by molar-refractivity contribution is 5.90. The Bertz CT molecular complexity index is 471. The van der Waals surface area contributed by atoms with Crippen LogP contribution in [0.25, 0.3) is 0 Å². The minimum absolute atomic E-state index is 0.0763. The lowest BCUT2D eigenvalue weighted by molar-refractivity contribution is -0.143. The standard InChI is InChI=1S/C12H16N2O4/c1-3-18-11(15)5-4-10-9(13)6-8(12(16)17)7(2)14-10/h6H,3-5,13H2,1-2H3,(H,16,17). The van der Waals surface area contributed by atoms with Crippen LogP contribution >= 0.6 is 0 Å². The molecule has 1 rings (SSSR count). The van der Waals surface area contributed by atoms with E-state index in [-0.39, 0.29) is 23.6 Å². The van der Waals surface area contributed by atoms with Gasteiger partial charge in [0.05, 0.1) is 35.7 Å². The molecule has 0 spiro atoms. The molecule has 6 nitrogen and oxygen atoms in total. The van der Waals surface area contributed by atoms with Gasteiger partial charge in [-0.1, -0.05) is 0 Å². The lowest BCUT2D eigenvalue weighted by Gasteiger charge is -2.08. The van der Waals surface area contributed by atoms with E-state index in [0.29, 0.717) is 24.4 Å². The van der Waals surface area contributed by atoms with Crippen molar-refractivity contribution in [3.8, 4) is 0 Å². The largest absolute Gasteiger partial charge is 0.478 e. The van der Waals surface area contributed by atoms with Gasteiger partial charge >= 0.3 is 11.9 Å². The molecule has 0 aromatic carbocycles. The second kappa shape index (κ2) is 6.00. The molecule has 1 aromatic heterocycles. The number of aromatic nitrogens is 1. The summed E-state index contributed by atoms with van der Waals surface area (Å²) >= 11 is 0. The number of nitrogens with two attached hydrogens (primary N) is 1. The van der Waals surface area contributed by atoms with Gasteiger partial charge in [0.15, 0.2) is 0 Å². The number of anilines is 1. The zero-order valence-corrected chi connectivity index (χ0v) is 10.4. The first-order chi connectivity index (χ1) is 8.45.